The van der Waals surface area contributed by atoms with Crippen LogP contribution in [-0.4, -0.2) is 32.3 Å². The van der Waals surface area contributed by atoms with Crippen molar-refractivity contribution in [1.29, 1.82) is 0 Å². The quantitative estimate of drug-likeness (QED) is 0.925. The van der Waals surface area contributed by atoms with E-state index in [0.29, 0.717) is 0 Å². The van der Waals surface area contributed by atoms with Gasteiger partial charge in [-0.05, 0) is 56.8 Å². The van der Waals surface area contributed by atoms with Gasteiger partial charge in [-0.1, -0.05) is 11.6 Å². The molecule has 1 N–H and O–H groups in total. The van der Waals surface area contributed by atoms with Crippen molar-refractivity contribution in [1.82, 2.24) is 5.32 Å². The van der Waals surface area contributed by atoms with E-state index in [-0.39, 0.29) is 5.54 Å². The Morgan fingerprint density at radius 1 is 1.40 bits per heavy atom. The molecule has 0 aromatic heterocycles. The Morgan fingerprint density at radius 2 is 2.20 bits per heavy atom. The van der Waals surface area contributed by atoms with Gasteiger partial charge in [-0.3, -0.25) is 0 Å². The van der Waals surface area contributed by atoms with Gasteiger partial charge < -0.3 is 15.0 Å². The highest BCUT2D eigenvalue weighted by atomic mass is 35.5. The molecule has 1 aliphatic carbocycles. The van der Waals surface area contributed by atoms with Crippen molar-refractivity contribution in [3.8, 4) is 5.75 Å². The molecule has 0 bridgehead atoms. The average Bonchev–Trinajstić information content (AvgIpc) is 3.26. The molecule has 0 spiro atoms. The standard InChI is InChI=1S/C16H23ClN2O/c1-16(12-4-5-12)11-19(9-3-8-18-16)14-10-13(17)6-7-15(14)20-2/h6-7,10,12,18H,3-5,8-9,11H2,1-2H3. The number of benzene rings is 1. The summed E-state index contributed by atoms with van der Waals surface area (Å²) in [7, 11) is 1.73. The van der Waals surface area contributed by atoms with Crippen LogP contribution >= 0.6 is 11.6 Å². The van der Waals surface area contributed by atoms with Gasteiger partial charge in [0.2, 0.25) is 0 Å². The smallest absolute Gasteiger partial charge is 0.142 e. The minimum absolute atomic E-state index is 0.212. The van der Waals surface area contributed by atoms with Crippen molar-refractivity contribution >= 4 is 17.3 Å². The molecular formula is C16H23ClN2O. The van der Waals surface area contributed by atoms with Crippen LogP contribution in [0.25, 0.3) is 0 Å². The topological polar surface area (TPSA) is 24.5 Å². The second-order valence-electron chi connectivity index (χ2n) is 6.21. The number of nitrogens with one attached hydrogen (secondary N) is 1. The molecular weight excluding hydrogens is 272 g/mol. The minimum Gasteiger partial charge on any atom is -0.495 e. The lowest BCUT2D eigenvalue weighted by molar-refractivity contribution is 0.330. The lowest BCUT2D eigenvalue weighted by Gasteiger charge is -2.35. The van der Waals surface area contributed by atoms with Crippen molar-refractivity contribution < 1.29 is 4.74 Å². The summed E-state index contributed by atoms with van der Waals surface area (Å²) >= 11 is 6.18. The number of nitrogens with zero attached hydrogens (tertiary/aromatic N) is 1. The van der Waals surface area contributed by atoms with Crippen molar-refractivity contribution in [2.75, 3.05) is 31.6 Å². The van der Waals surface area contributed by atoms with Gasteiger partial charge in [-0.2, -0.15) is 0 Å². The van der Waals surface area contributed by atoms with Crippen LogP contribution in [0, 0.1) is 5.92 Å². The zero-order valence-electron chi connectivity index (χ0n) is 12.3. The summed E-state index contributed by atoms with van der Waals surface area (Å²) in [6.07, 6.45) is 3.85. The van der Waals surface area contributed by atoms with Gasteiger partial charge in [0.15, 0.2) is 0 Å². The molecule has 1 heterocycles. The predicted octanol–water partition coefficient (Wildman–Crippen LogP) is 3.32. The highest BCUT2D eigenvalue weighted by Gasteiger charge is 2.43. The first-order chi connectivity index (χ1) is 9.62. The highest BCUT2D eigenvalue weighted by Crippen LogP contribution is 2.42. The van der Waals surface area contributed by atoms with Crippen LogP contribution in [0.2, 0.25) is 5.02 Å². The van der Waals surface area contributed by atoms with E-state index < -0.39 is 0 Å². The van der Waals surface area contributed by atoms with Crippen LogP contribution in [0.3, 0.4) is 0 Å². The Labute approximate surface area is 126 Å². The van der Waals surface area contributed by atoms with Crippen molar-refractivity contribution in [2.24, 2.45) is 5.92 Å². The molecule has 2 fully saturated rings. The van der Waals surface area contributed by atoms with Crippen molar-refractivity contribution in [2.45, 2.75) is 31.7 Å². The Bertz CT molecular complexity index is 489. The molecule has 1 saturated heterocycles. The summed E-state index contributed by atoms with van der Waals surface area (Å²) in [5.74, 6) is 1.72. The molecule has 0 radical (unpaired) electrons. The molecule has 1 aromatic carbocycles. The lowest BCUT2D eigenvalue weighted by Crippen LogP contribution is -2.51. The number of halogens is 1. The third kappa shape index (κ3) is 2.75. The molecule has 20 heavy (non-hydrogen) atoms. The summed E-state index contributed by atoms with van der Waals surface area (Å²) in [6, 6.07) is 5.88. The number of anilines is 1. The molecule has 3 nitrogen and oxygen atoms in total. The molecule has 110 valence electrons. The monoisotopic (exact) mass is 294 g/mol. The van der Waals surface area contributed by atoms with Crippen LogP contribution < -0.4 is 15.0 Å². The fourth-order valence-corrected chi connectivity index (χ4v) is 3.45. The van der Waals surface area contributed by atoms with E-state index in [2.05, 4.69) is 17.1 Å². The van der Waals surface area contributed by atoms with Gasteiger partial charge in [-0.15, -0.1) is 0 Å². The summed E-state index contributed by atoms with van der Waals surface area (Å²) in [5, 5.41) is 4.53. The van der Waals surface area contributed by atoms with Gasteiger partial charge >= 0.3 is 0 Å². The molecule has 0 amide bonds. The summed E-state index contributed by atoms with van der Waals surface area (Å²) in [5.41, 5.74) is 1.33. The van der Waals surface area contributed by atoms with Crippen molar-refractivity contribution in [3.63, 3.8) is 0 Å². The van der Waals surface area contributed by atoms with Crippen LogP contribution in [0.15, 0.2) is 18.2 Å². The SMILES string of the molecule is COc1ccc(Cl)cc1N1CCCNC(C)(C2CC2)C1. The first-order valence-electron chi connectivity index (χ1n) is 7.46. The van der Waals surface area contributed by atoms with Crippen LogP contribution in [0.1, 0.15) is 26.2 Å². The Hall–Kier alpha value is -0.930. The van der Waals surface area contributed by atoms with Gasteiger partial charge in [0, 0.05) is 23.7 Å². The number of ether oxygens (including phenoxy) is 1. The number of rotatable bonds is 3. The second-order valence-corrected chi connectivity index (χ2v) is 6.65. The molecule has 1 aromatic rings. The molecule has 4 heteroatoms. The number of methoxy groups -OCH3 is 1. The Kier molecular flexibility index (Phi) is 3.83. The van der Waals surface area contributed by atoms with Gasteiger partial charge in [-0.25, -0.2) is 0 Å². The molecule has 3 rings (SSSR count). The van der Waals surface area contributed by atoms with Crippen molar-refractivity contribution in [3.05, 3.63) is 23.2 Å². The van der Waals surface area contributed by atoms with E-state index >= 15 is 0 Å². The maximum Gasteiger partial charge on any atom is 0.142 e. The normalized spacial score (nSPS) is 27.2. The summed E-state index contributed by atoms with van der Waals surface area (Å²) in [6.45, 7) is 5.52. The first-order valence-corrected chi connectivity index (χ1v) is 7.84. The van der Waals surface area contributed by atoms with E-state index in [4.69, 9.17) is 16.3 Å². The minimum atomic E-state index is 0.212. The average molecular weight is 295 g/mol. The predicted molar refractivity (Wildman–Crippen MR) is 84.0 cm³/mol. The molecule has 1 aliphatic heterocycles. The maximum atomic E-state index is 6.18. The number of hydrogen-bond donors (Lipinski definition) is 1. The maximum absolute atomic E-state index is 6.18. The first kappa shape index (κ1) is 14.0. The largest absolute Gasteiger partial charge is 0.495 e. The van der Waals surface area contributed by atoms with E-state index in [9.17, 15) is 0 Å². The lowest BCUT2D eigenvalue weighted by atomic mass is 9.95. The summed E-state index contributed by atoms with van der Waals surface area (Å²) in [4.78, 5) is 2.43. The molecule has 1 unspecified atom stereocenters. The highest BCUT2D eigenvalue weighted by molar-refractivity contribution is 6.30. The van der Waals surface area contributed by atoms with Crippen LogP contribution in [-0.2, 0) is 0 Å². The van der Waals surface area contributed by atoms with E-state index in [1.165, 1.54) is 12.8 Å². The third-order valence-electron chi connectivity index (χ3n) is 4.61. The van der Waals surface area contributed by atoms with E-state index in [1.807, 2.05) is 18.2 Å². The van der Waals surface area contributed by atoms with Gasteiger partial charge in [0.25, 0.3) is 0 Å². The molecule has 2 aliphatic rings. The van der Waals surface area contributed by atoms with E-state index in [0.717, 1.165) is 48.4 Å². The number of hydrogen-bond acceptors (Lipinski definition) is 3. The summed E-state index contributed by atoms with van der Waals surface area (Å²) < 4.78 is 5.52. The molecule has 1 saturated carbocycles. The van der Waals surface area contributed by atoms with Gasteiger partial charge in [0.1, 0.15) is 5.75 Å². The van der Waals surface area contributed by atoms with Crippen LogP contribution in [0.4, 0.5) is 5.69 Å². The fraction of sp³-hybridized carbons (Fsp3) is 0.625. The zero-order valence-corrected chi connectivity index (χ0v) is 13.0. The Balaban J connectivity index is 1.89. The third-order valence-corrected chi connectivity index (χ3v) is 4.85. The zero-order chi connectivity index (χ0) is 14.2. The van der Waals surface area contributed by atoms with Crippen LogP contribution in [0.5, 0.6) is 5.75 Å². The Morgan fingerprint density at radius 3 is 2.90 bits per heavy atom. The fourth-order valence-electron chi connectivity index (χ4n) is 3.29. The van der Waals surface area contributed by atoms with Gasteiger partial charge in [0.05, 0.1) is 12.8 Å². The second kappa shape index (κ2) is 5.45. The van der Waals surface area contributed by atoms with E-state index in [1.54, 1.807) is 7.11 Å². The molecule has 1 atom stereocenters.